The molecule has 0 saturated carbocycles. The van der Waals surface area contributed by atoms with Gasteiger partial charge in [-0.05, 0) is 101 Å². The summed E-state index contributed by atoms with van der Waals surface area (Å²) in [4.78, 5) is 47.8. The summed E-state index contributed by atoms with van der Waals surface area (Å²) in [5.74, 6) is 0.706. The van der Waals surface area contributed by atoms with E-state index in [1.165, 1.54) is 5.56 Å². The van der Waals surface area contributed by atoms with Crippen molar-refractivity contribution in [3.63, 3.8) is 0 Å². The van der Waals surface area contributed by atoms with Crippen LogP contribution >= 0.6 is 11.6 Å². The van der Waals surface area contributed by atoms with E-state index in [0.717, 1.165) is 41.0 Å². The maximum atomic E-state index is 12.6. The molecule has 3 N–H and O–H groups in total. The Morgan fingerprint density at radius 3 is 2.49 bits per heavy atom. The van der Waals surface area contributed by atoms with Gasteiger partial charge in [-0.1, -0.05) is 35.9 Å². The molecule has 1 fully saturated rings. The Kier molecular flexibility index (Phi) is 9.34. The van der Waals surface area contributed by atoms with Crippen LogP contribution in [0.25, 0.3) is 0 Å². The van der Waals surface area contributed by atoms with E-state index < -0.39 is 17.1 Å². The molecule has 0 bridgehead atoms. The first-order chi connectivity index (χ1) is 21.3. The predicted molar refractivity (Wildman–Crippen MR) is 175 cm³/mol. The summed E-state index contributed by atoms with van der Waals surface area (Å²) in [6, 6.07) is 14.2. The zero-order valence-corrected chi connectivity index (χ0v) is 27.3. The van der Waals surface area contributed by atoms with Crippen LogP contribution in [-0.4, -0.2) is 58.0 Å². The minimum absolute atomic E-state index is 0.00720. The number of benzene rings is 2. The number of hydrogen-bond acceptors (Lipinski definition) is 7. The third-order valence-corrected chi connectivity index (χ3v) is 8.62. The lowest BCUT2D eigenvalue weighted by Gasteiger charge is -2.32. The molecule has 11 heteroatoms. The highest BCUT2D eigenvalue weighted by Crippen LogP contribution is 2.40. The first kappa shape index (κ1) is 32.2. The van der Waals surface area contributed by atoms with Gasteiger partial charge in [0.05, 0.1) is 22.3 Å². The number of amides is 3. The van der Waals surface area contributed by atoms with Gasteiger partial charge in [0.1, 0.15) is 12.1 Å². The SMILES string of the molecule is CC(C)(C)OC(=O)NCC(=O)N1CCC(c2ccc(Nc3ncc(Cl)c(CCc4cccc5c4C(C)(C)C(=O)N5)n3)cc2)CC1. The van der Waals surface area contributed by atoms with Gasteiger partial charge in [-0.2, -0.15) is 0 Å². The molecule has 3 heterocycles. The zero-order valence-electron chi connectivity index (χ0n) is 26.5. The molecule has 10 nitrogen and oxygen atoms in total. The number of anilines is 3. The number of alkyl carbamates (subject to hydrolysis) is 1. The van der Waals surface area contributed by atoms with Crippen LogP contribution in [-0.2, 0) is 32.6 Å². The number of aryl methyl sites for hydroxylation is 2. The Hall–Kier alpha value is -4.18. The maximum absolute atomic E-state index is 12.6. The molecular weight excluding hydrogens is 592 g/mol. The Balaban J connectivity index is 1.14. The van der Waals surface area contributed by atoms with Crippen molar-refractivity contribution in [1.82, 2.24) is 20.2 Å². The maximum Gasteiger partial charge on any atom is 0.408 e. The number of nitrogens with one attached hydrogen (secondary N) is 3. The molecule has 0 radical (unpaired) electrons. The Morgan fingerprint density at radius 1 is 1.09 bits per heavy atom. The molecule has 0 aliphatic carbocycles. The van der Waals surface area contributed by atoms with Crippen LogP contribution in [0, 0.1) is 0 Å². The van der Waals surface area contributed by atoms with Crippen molar-refractivity contribution in [2.45, 2.75) is 77.2 Å². The average molecular weight is 633 g/mol. The number of aromatic nitrogens is 2. The fraction of sp³-hybridized carbons (Fsp3) is 0.441. The molecule has 238 valence electrons. The highest BCUT2D eigenvalue weighted by atomic mass is 35.5. The molecule has 0 unspecified atom stereocenters. The number of carbonyl (C=O) groups is 3. The van der Waals surface area contributed by atoms with Crippen LogP contribution in [0.3, 0.4) is 0 Å². The highest BCUT2D eigenvalue weighted by molar-refractivity contribution is 6.31. The van der Waals surface area contributed by atoms with Crippen LogP contribution in [0.4, 0.5) is 22.1 Å². The van der Waals surface area contributed by atoms with Crippen molar-refractivity contribution >= 4 is 46.8 Å². The summed E-state index contributed by atoms with van der Waals surface area (Å²) in [6.45, 7) is 10.4. The van der Waals surface area contributed by atoms with E-state index in [1.807, 2.05) is 38.1 Å². The minimum Gasteiger partial charge on any atom is -0.444 e. The Morgan fingerprint density at radius 2 is 1.80 bits per heavy atom. The second kappa shape index (κ2) is 13.0. The van der Waals surface area contributed by atoms with E-state index in [9.17, 15) is 14.4 Å². The van der Waals surface area contributed by atoms with Crippen molar-refractivity contribution < 1.29 is 19.1 Å². The summed E-state index contributed by atoms with van der Waals surface area (Å²) in [5.41, 5.74) is 4.62. The van der Waals surface area contributed by atoms with Crippen LogP contribution in [0.2, 0.25) is 5.02 Å². The van der Waals surface area contributed by atoms with Gasteiger partial charge in [0.25, 0.3) is 0 Å². The van der Waals surface area contributed by atoms with Gasteiger partial charge in [0.2, 0.25) is 17.8 Å². The van der Waals surface area contributed by atoms with Gasteiger partial charge in [-0.3, -0.25) is 9.59 Å². The van der Waals surface area contributed by atoms with Crippen molar-refractivity contribution in [2.24, 2.45) is 0 Å². The van der Waals surface area contributed by atoms with Crippen LogP contribution in [0.15, 0.2) is 48.7 Å². The van der Waals surface area contributed by atoms with Crippen LogP contribution < -0.4 is 16.0 Å². The quantitative estimate of drug-likeness (QED) is 0.273. The minimum atomic E-state index is -0.607. The largest absolute Gasteiger partial charge is 0.444 e. The van der Waals surface area contributed by atoms with Crippen molar-refractivity contribution in [3.8, 4) is 0 Å². The number of fused-ring (bicyclic) bond motifs is 1. The van der Waals surface area contributed by atoms with Crippen LogP contribution in [0.5, 0.6) is 0 Å². The lowest BCUT2D eigenvalue weighted by molar-refractivity contribution is -0.131. The summed E-state index contributed by atoms with van der Waals surface area (Å²) < 4.78 is 5.21. The summed E-state index contributed by atoms with van der Waals surface area (Å²) in [6.07, 6.45) is 4.02. The van der Waals surface area contributed by atoms with E-state index in [0.29, 0.717) is 42.8 Å². The molecule has 0 atom stereocenters. The molecular formula is C34H41ClN6O4. The molecule has 1 aromatic heterocycles. The monoisotopic (exact) mass is 632 g/mol. The Labute approximate surface area is 269 Å². The fourth-order valence-corrected chi connectivity index (χ4v) is 6.12. The van der Waals surface area contributed by atoms with Gasteiger partial charge < -0.3 is 25.6 Å². The van der Waals surface area contributed by atoms with Crippen molar-refractivity contribution in [2.75, 3.05) is 30.3 Å². The van der Waals surface area contributed by atoms with Crippen LogP contribution in [0.1, 0.15) is 75.8 Å². The number of carbonyl (C=O) groups excluding carboxylic acids is 3. The van der Waals surface area contributed by atoms with E-state index in [4.69, 9.17) is 21.3 Å². The zero-order chi connectivity index (χ0) is 32.4. The lowest BCUT2D eigenvalue weighted by atomic mass is 9.82. The number of ether oxygens (including phenoxy) is 1. The van der Waals surface area contributed by atoms with Gasteiger partial charge in [-0.15, -0.1) is 0 Å². The number of likely N-dealkylation sites (tertiary alicyclic amines) is 1. The molecule has 5 rings (SSSR count). The molecule has 0 spiro atoms. The smallest absolute Gasteiger partial charge is 0.408 e. The summed E-state index contributed by atoms with van der Waals surface area (Å²) in [7, 11) is 0. The lowest BCUT2D eigenvalue weighted by Crippen LogP contribution is -2.44. The standard InChI is InChI=1S/C34H41ClN6O4/c1-33(2,3)45-32(44)37-20-28(42)41-17-15-22(16-18-41)21-9-12-24(13-10-21)38-31-36-19-25(35)26(40-31)14-11-23-7-6-8-27-29(23)34(4,5)30(43)39-27/h6-10,12-13,19,22H,11,14-18,20H2,1-5H3,(H,37,44)(H,39,43)(H,36,38,40). The normalized spacial score (nSPS) is 16.1. The number of nitrogens with zero attached hydrogens (tertiary/aromatic N) is 3. The van der Waals surface area contributed by atoms with Gasteiger partial charge in [-0.25, -0.2) is 14.8 Å². The van der Waals surface area contributed by atoms with E-state index in [1.54, 1.807) is 31.9 Å². The van der Waals surface area contributed by atoms with Crippen molar-refractivity contribution in [1.29, 1.82) is 0 Å². The number of halogens is 1. The Bertz CT molecular complexity index is 1580. The first-order valence-electron chi connectivity index (χ1n) is 15.4. The topological polar surface area (TPSA) is 126 Å². The molecule has 2 aliphatic heterocycles. The summed E-state index contributed by atoms with van der Waals surface area (Å²) in [5, 5.41) is 9.32. The fourth-order valence-electron chi connectivity index (χ4n) is 5.94. The number of rotatable bonds is 8. The second-order valence-corrected chi connectivity index (χ2v) is 13.6. The molecule has 45 heavy (non-hydrogen) atoms. The van der Waals surface area contributed by atoms with Crippen molar-refractivity contribution in [3.05, 3.63) is 76.1 Å². The number of hydrogen-bond donors (Lipinski definition) is 3. The van der Waals surface area contributed by atoms with Gasteiger partial charge in [0, 0.05) is 24.5 Å². The molecule has 3 amide bonds. The highest BCUT2D eigenvalue weighted by Gasteiger charge is 2.39. The molecule has 2 aromatic carbocycles. The molecule has 3 aromatic rings. The van der Waals surface area contributed by atoms with Gasteiger partial charge >= 0.3 is 6.09 Å². The first-order valence-corrected chi connectivity index (χ1v) is 15.7. The second-order valence-electron chi connectivity index (χ2n) is 13.2. The third kappa shape index (κ3) is 7.73. The molecule has 2 aliphatic rings. The molecule has 1 saturated heterocycles. The number of piperidine rings is 1. The van der Waals surface area contributed by atoms with Gasteiger partial charge in [0.15, 0.2) is 0 Å². The summed E-state index contributed by atoms with van der Waals surface area (Å²) >= 11 is 6.49. The average Bonchev–Trinajstić information content (AvgIpc) is 3.23. The third-order valence-electron chi connectivity index (χ3n) is 8.31. The van der Waals surface area contributed by atoms with E-state index in [-0.39, 0.29) is 18.4 Å². The predicted octanol–water partition coefficient (Wildman–Crippen LogP) is 6.12. The van der Waals surface area contributed by atoms with E-state index >= 15 is 0 Å². The van der Waals surface area contributed by atoms with E-state index in [2.05, 4.69) is 39.1 Å².